The van der Waals surface area contributed by atoms with Crippen LogP contribution in [-0.2, 0) is 0 Å². The van der Waals surface area contributed by atoms with Gasteiger partial charge in [-0.15, -0.1) is 0 Å². The van der Waals surface area contributed by atoms with Crippen molar-refractivity contribution in [2.45, 2.75) is 20.8 Å². The number of halogens is 1. The van der Waals surface area contributed by atoms with Gasteiger partial charge in [0.15, 0.2) is 0 Å². The van der Waals surface area contributed by atoms with Gasteiger partial charge >= 0.3 is 0 Å². The number of hydrogen-bond acceptors (Lipinski definition) is 1. The van der Waals surface area contributed by atoms with Crippen molar-refractivity contribution in [3.05, 3.63) is 58.5 Å². The molecule has 0 atom stereocenters. The zero-order valence-corrected chi connectivity index (χ0v) is 12.0. The highest BCUT2D eigenvalue weighted by molar-refractivity contribution is 6.30. The lowest BCUT2D eigenvalue weighted by Crippen LogP contribution is -1.91. The summed E-state index contributed by atoms with van der Waals surface area (Å²) in [7, 11) is 0. The summed E-state index contributed by atoms with van der Waals surface area (Å²) in [5.74, 6) is 0. The quantitative estimate of drug-likeness (QED) is 0.633. The molecule has 0 aliphatic heterocycles. The van der Waals surface area contributed by atoms with Crippen LogP contribution in [-0.4, -0.2) is 9.38 Å². The number of pyridine rings is 1. The second kappa shape index (κ2) is 4.39. The minimum atomic E-state index is 0.768. The second-order valence-corrected chi connectivity index (χ2v) is 5.29. The van der Waals surface area contributed by atoms with Gasteiger partial charge in [-0.2, -0.15) is 0 Å². The molecule has 0 aliphatic rings. The summed E-state index contributed by atoms with van der Waals surface area (Å²) in [4.78, 5) is 4.68. The van der Waals surface area contributed by atoms with Crippen LogP contribution in [0.4, 0.5) is 0 Å². The molecule has 0 N–H and O–H groups in total. The number of imidazole rings is 1. The number of fused-ring (bicyclic) bond motifs is 1. The molecule has 0 amide bonds. The molecule has 0 aliphatic carbocycles. The van der Waals surface area contributed by atoms with E-state index in [1.54, 1.807) is 0 Å². The number of rotatable bonds is 1. The molecule has 2 nitrogen and oxygen atoms in total. The summed E-state index contributed by atoms with van der Waals surface area (Å²) in [5.41, 5.74) is 6.75. The first-order valence-electron chi connectivity index (χ1n) is 6.28. The lowest BCUT2D eigenvalue weighted by Gasteiger charge is -2.08. The molecule has 3 aromatic rings. The van der Waals surface area contributed by atoms with E-state index in [4.69, 9.17) is 11.6 Å². The maximum atomic E-state index is 6.03. The Morgan fingerprint density at radius 2 is 1.84 bits per heavy atom. The molecule has 96 valence electrons. The van der Waals surface area contributed by atoms with E-state index < -0.39 is 0 Å². The van der Waals surface area contributed by atoms with Crippen LogP contribution in [0.3, 0.4) is 0 Å². The summed E-state index contributed by atoms with van der Waals surface area (Å²) in [6.45, 7) is 6.21. The van der Waals surface area contributed by atoms with Gasteiger partial charge in [0.1, 0.15) is 5.65 Å². The predicted octanol–water partition coefficient (Wildman–Crippen LogP) is 4.58. The lowest BCUT2D eigenvalue weighted by atomic mass is 10.0. The van der Waals surface area contributed by atoms with Crippen molar-refractivity contribution in [2.75, 3.05) is 0 Å². The van der Waals surface area contributed by atoms with E-state index in [0.29, 0.717) is 0 Å². The van der Waals surface area contributed by atoms with Gasteiger partial charge in [0.25, 0.3) is 0 Å². The van der Waals surface area contributed by atoms with E-state index in [1.165, 1.54) is 16.8 Å². The summed E-state index contributed by atoms with van der Waals surface area (Å²) in [6, 6.07) is 10.1. The fourth-order valence-corrected chi connectivity index (χ4v) is 2.67. The second-order valence-electron chi connectivity index (χ2n) is 4.86. The minimum absolute atomic E-state index is 0.768. The van der Waals surface area contributed by atoms with Crippen molar-refractivity contribution in [1.82, 2.24) is 9.38 Å². The highest BCUT2D eigenvalue weighted by atomic mass is 35.5. The standard InChI is InChI=1S/C16H15ClN2/c1-10-9-13(17)6-7-14(10)15-5-4-8-19-12(3)11(2)18-16(15)19/h4-9H,1-3H3. The van der Waals surface area contributed by atoms with Crippen LogP contribution in [0.1, 0.15) is 17.0 Å². The van der Waals surface area contributed by atoms with Gasteiger partial charge in [0.05, 0.1) is 5.69 Å². The summed E-state index contributed by atoms with van der Waals surface area (Å²) in [6.07, 6.45) is 2.05. The largest absolute Gasteiger partial charge is 0.304 e. The van der Waals surface area contributed by atoms with Crippen LogP contribution in [0.2, 0.25) is 5.02 Å². The van der Waals surface area contributed by atoms with Gasteiger partial charge in [0.2, 0.25) is 0 Å². The smallest absolute Gasteiger partial charge is 0.145 e. The molecular weight excluding hydrogens is 256 g/mol. The Hall–Kier alpha value is -1.80. The van der Waals surface area contributed by atoms with Crippen LogP contribution < -0.4 is 0 Å². The first-order chi connectivity index (χ1) is 9.08. The third-order valence-electron chi connectivity index (χ3n) is 3.60. The van der Waals surface area contributed by atoms with E-state index >= 15 is 0 Å². The molecule has 0 spiro atoms. The van der Waals surface area contributed by atoms with E-state index in [1.807, 2.05) is 19.1 Å². The number of benzene rings is 1. The SMILES string of the molecule is Cc1cc(Cl)ccc1-c1cccn2c(C)c(C)nc12. The summed E-state index contributed by atoms with van der Waals surface area (Å²) < 4.78 is 2.14. The zero-order valence-electron chi connectivity index (χ0n) is 11.2. The van der Waals surface area contributed by atoms with Gasteiger partial charge in [-0.3, -0.25) is 0 Å². The summed E-state index contributed by atoms with van der Waals surface area (Å²) >= 11 is 6.03. The molecule has 3 heteroatoms. The van der Waals surface area contributed by atoms with Crippen LogP contribution >= 0.6 is 11.6 Å². The molecule has 0 bridgehead atoms. The third kappa shape index (κ3) is 1.92. The molecule has 0 saturated heterocycles. The molecule has 2 aromatic heterocycles. The first kappa shape index (κ1) is 12.2. The minimum Gasteiger partial charge on any atom is -0.304 e. The van der Waals surface area contributed by atoms with Crippen molar-refractivity contribution >= 4 is 17.2 Å². The fourth-order valence-electron chi connectivity index (χ4n) is 2.44. The zero-order chi connectivity index (χ0) is 13.6. The van der Waals surface area contributed by atoms with Gasteiger partial charge in [-0.25, -0.2) is 4.98 Å². The van der Waals surface area contributed by atoms with Crippen LogP contribution in [0.15, 0.2) is 36.5 Å². The predicted molar refractivity (Wildman–Crippen MR) is 79.8 cm³/mol. The Morgan fingerprint density at radius 1 is 1.05 bits per heavy atom. The van der Waals surface area contributed by atoms with Crippen molar-refractivity contribution in [1.29, 1.82) is 0 Å². The van der Waals surface area contributed by atoms with E-state index in [0.717, 1.165) is 21.9 Å². The number of nitrogens with zero attached hydrogens (tertiary/aromatic N) is 2. The van der Waals surface area contributed by atoms with Gasteiger partial charge in [-0.1, -0.05) is 17.7 Å². The molecule has 0 unspecified atom stereocenters. The Bertz CT molecular complexity index is 772. The fraction of sp³-hybridized carbons (Fsp3) is 0.188. The average Bonchev–Trinajstić information content (AvgIpc) is 2.66. The van der Waals surface area contributed by atoms with Gasteiger partial charge < -0.3 is 4.40 Å². The highest BCUT2D eigenvalue weighted by Crippen LogP contribution is 2.29. The Balaban J connectivity index is 2.33. The van der Waals surface area contributed by atoms with Crippen LogP contribution in [0.5, 0.6) is 0 Å². The molecule has 0 radical (unpaired) electrons. The normalized spacial score (nSPS) is 11.2. The maximum absolute atomic E-state index is 6.03. The summed E-state index contributed by atoms with van der Waals surface area (Å²) in [5, 5.41) is 0.768. The molecule has 0 saturated carbocycles. The van der Waals surface area contributed by atoms with Crippen molar-refractivity contribution in [3.8, 4) is 11.1 Å². The molecule has 3 rings (SSSR count). The Labute approximate surface area is 117 Å². The Morgan fingerprint density at radius 3 is 2.58 bits per heavy atom. The maximum Gasteiger partial charge on any atom is 0.145 e. The molecule has 19 heavy (non-hydrogen) atoms. The van der Waals surface area contributed by atoms with Gasteiger partial charge in [-0.05, 0) is 56.2 Å². The monoisotopic (exact) mass is 270 g/mol. The van der Waals surface area contributed by atoms with Crippen LogP contribution in [0, 0.1) is 20.8 Å². The lowest BCUT2D eigenvalue weighted by molar-refractivity contribution is 1.09. The highest BCUT2D eigenvalue weighted by Gasteiger charge is 2.11. The van der Waals surface area contributed by atoms with E-state index in [2.05, 4.69) is 47.6 Å². The number of aryl methyl sites for hydroxylation is 3. The molecule has 2 heterocycles. The Kier molecular flexibility index (Phi) is 2.83. The first-order valence-corrected chi connectivity index (χ1v) is 6.66. The van der Waals surface area contributed by atoms with E-state index in [9.17, 15) is 0 Å². The van der Waals surface area contributed by atoms with Crippen molar-refractivity contribution in [3.63, 3.8) is 0 Å². The average molecular weight is 271 g/mol. The molecule has 1 aromatic carbocycles. The van der Waals surface area contributed by atoms with Crippen molar-refractivity contribution < 1.29 is 0 Å². The number of aromatic nitrogens is 2. The van der Waals surface area contributed by atoms with Crippen molar-refractivity contribution in [2.24, 2.45) is 0 Å². The van der Waals surface area contributed by atoms with Crippen LogP contribution in [0.25, 0.3) is 16.8 Å². The van der Waals surface area contributed by atoms with E-state index in [-0.39, 0.29) is 0 Å². The number of hydrogen-bond donors (Lipinski definition) is 0. The van der Waals surface area contributed by atoms with Gasteiger partial charge in [0, 0.05) is 22.5 Å². The topological polar surface area (TPSA) is 17.3 Å². The molecular formula is C16H15ClN2. The third-order valence-corrected chi connectivity index (χ3v) is 3.84. The molecule has 0 fully saturated rings.